The molecule has 0 aromatic heterocycles. The third-order valence-corrected chi connectivity index (χ3v) is 1.38. The summed E-state index contributed by atoms with van der Waals surface area (Å²) in [5, 5.41) is 0. The molecule has 0 aliphatic carbocycles. The van der Waals surface area contributed by atoms with Crippen LogP contribution >= 0.6 is 0 Å². The van der Waals surface area contributed by atoms with Crippen LogP contribution in [-0.4, -0.2) is 14.2 Å². The zero-order chi connectivity index (χ0) is 5.70. The minimum Gasteiger partial charge on any atom is -0.232 e. The Kier molecular flexibility index (Phi) is 10.7. The minimum atomic E-state index is -2.11. The number of rotatable bonds is 3. The van der Waals surface area contributed by atoms with Gasteiger partial charge in [-0.1, -0.05) is 13.3 Å². The average Bonchev–Trinajstić information content (AvgIpc) is 1.61. The molecule has 0 aliphatic heterocycles. The number of hydrogen-bond acceptors (Lipinski definition) is 2. The third kappa shape index (κ3) is 9.73. The topological polar surface area (TPSA) is 34.1 Å². The first-order valence-corrected chi connectivity index (χ1v) is 3.75. The van der Waals surface area contributed by atoms with E-state index in [-0.39, 0.29) is 18.6 Å². The molecule has 0 atom stereocenters. The van der Waals surface area contributed by atoms with Crippen molar-refractivity contribution in [2.45, 2.75) is 19.8 Å². The van der Waals surface area contributed by atoms with E-state index in [0.29, 0.717) is 5.75 Å². The van der Waals surface area contributed by atoms with E-state index in [9.17, 15) is 8.42 Å². The van der Waals surface area contributed by atoms with Crippen LogP contribution in [-0.2, 0) is 29.3 Å². The van der Waals surface area contributed by atoms with Crippen LogP contribution in [0.2, 0.25) is 0 Å². The summed E-state index contributed by atoms with van der Waals surface area (Å²) in [6.45, 7) is 1.97. The molecule has 4 heteroatoms. The quantitative estimate of drug-likeness (QED) is 0.626. The van der Waals surface area contributed by atoms with Crippen LogP contribution in [0.1, 0.15) is 19.8 Å². The molecule has 2 nitrogen and oxygen atoms in total. The molecule has 8 heavy (non-hydrogen) atoms. The Morgan fingerprint density at radius 2 is 1.88 bits per heavy atom. The van der Waals surface area contributed by atoms with Gasteiger partial charge in [-0.2, -0.15) is 0 Å². The summed E-state index contributed by atoms with van der Waals surface area (Å²) in [7, 11) is -2.11. The van der Waals surface area contributed by atoms with E-state index in [1.54, 1.807) is 0 Å². The van der Waals surface area contributed by atoms with Gasteiger partial charge in [-0.05, 0) is 6.42 Å². The van der Waals surface area contributed by atoms with E-state index in [4.69, 9.17) is 0 Å². The van der Waals surface area contributed by atoms with Crippen LogP contribution in [0.4, 0.5) is 0 Å². The minimum absolute atomic E-state index is 0. The van der Waals surface area contributed by atoms with Gasteiger partial charge in [-0.15, -0.1) is 0 Å². The van der Waals surface area contributed by atoms with E-state index < -0.39 is 10.7 Å². The molecule has 0 heterocycles. The molecule has 0 N–H and O–H groups in total. The Morgan fingerprint density at radius 3 is 2.00 bits per heavy atom. The van der Waals surface area contributed by atoms with Gasteiger partial charge in [0, 0.05) is 24.3 Å². The van der Waals surface area contributed by atoms with Gasteiger partial charge in [-0.3, -0.25) is 0 Å². The molecule has 0 saturated carbocycles. The molecule has 0 aromatic rings. The van der Waals surface area contributed by atoms with Gasteiger partial charge in [-0.25, -0.2) is 8.42 Å². The Balaban J connectivity index is 0. The van der Waals surface area contributed by atoms with E-state index >= 15 is 0 Å². The zero-order valence-electron chi connectivity index (χ0n) is 4.83. The largest absolute Gasteiger partial charge is 0.232 e. The number of thiol groups is 1. The van der Waals surface area contributed by atoms with Crippen LogP contribution in [0.3, 0.4) is 0 Å². The van der Waals surface area contributed by atoms with Crippen molar-refractivity contribution in [3.63, 3.8) is 0 Å². The first-order chi connectivity index (χ1) is 3.27. The SMILES string of the molecule is CCCC[SH](=O)=O.[V]. The Morgan fingerprint density at radius 1 is 1.38 bits per heavy atom. The van der Waals surface area contributed by atoms with Crippen molar-refractivity contribution in [3.05, 3.63) is 0 Å². The van der Waals surface area contributed by atoms with Crippen molar-refractivity contribution in [3.8, 4) is 0 Å². The normalized spacial score (nSPS) is 8.75. The molecule has 0 bridgehead atoms. The molecule has 0 fully saturated rings. The summed E-state index contributed by atoms with van der Waals surface area (Å²) in [5.41, 5.74) is 0. The van der Waals surface area contributed by atoms with Gasteiger partial charge in [0.05, 0.1) is 0 Å². The summed E-state index contributed by atoms with van der Waals surface area (Å²) < 4.78 is 19.6. The average molecular weight is 173 g/mol. The van der Waals surface area contributed by atoms with Gasteiger partial charge in [0.25, 0.3) is 0 Å². The monoisotopic (exact) mass is 173 g/mol. The van der Waals surface area contributed by atoms with Crippen LogP contribution in [0.25, 0.3) is 0 Å². The summed E-state index contributed by atoms with van der Waals surface area (Å²) in [4.78, 5) is 0. The standard InChI is InChI=1S/C4H10O2S.V/c1-2-3-4-7(5)6;/h7H,2-4H2,1H3;. The first-order valence-electron chi connectivity index (χ1n) is 2.39. The predicted octanol–water partition coefficient (Wildman–Crippen LogP) is 0.395. The number of unbranched alkanes of at least 4 members (excludes halogenated alkanes) is 1. The fourth-order valence-corrected chi connectivity index (χ4v) is 0.862. The van der Waals surface area contributed by atoms with Crippen LogP contribution in [0, 0.1) is 0 Å². The van der Waals surface area contributed by atoms with Crippen LogP contribution < -0.4 is 0 Å². The Bertz CT molecular complexity index is 92.2. The third-order valence-electron chi connectivity index (χ3n) is 0.694. The van der Waals surface area contributed by atoms with E-state index in [2.05, 4.69) is 0 Å². The van der Waals surface area contributed by atoms with Gasteiger partial charge < -0.3 is 0 Å². The summed E-state index contributed by atoms with van der Waals surface area (Å²) in [5.74, 6) is 0.353. The summed E-state index contributed by atoms with van der Waals surface area (Å²) in [6, 6.07) is 0. The van der Waals surface area contributed by atoms with Gasteiger partial charge in [0.15, 0.2) is 0 Å². The van der Waals surface area contributed by atoms with Gasteiger partial charge >= 0.3 is 0 Å². The van der Waals surface area contributed by atoms with E-state index in [1.807, 2.05) is 6.92 Å². The Labute approximate surface area is 63.5 Å². The van der Waals surface area contributed by atoms with Gasteiger partial charge in [0.2, 0.25) is 0 Å². The van der Waals surface area contributed by atoms with Crippen molar-refractivity contribution in [1.82, 2.24) is 0 Å². The van der Waals surface area contributed by atoms with Crippen molar-refractivity contribution >= 4 is 10.7 Å². The first kappa shape index (κ1) is 11.3. The number of hydrogen-bond donors (Lipinski definition) is 1. The van der Waals surface area contributed by atoms with Crippen molar-refractivity contribution < 1.29 is 27.0 Å². The summed E-state index contributed by atoms with van der Waals surface area (Å²) >= 11 is 0. The molecular formula is C4H10O2SV. The van der Waals surface area contributed by atoms with Gasteiger partial charge in [0.1, 0.15) is 10.7 Å². The van der Waals surface area contributed by atoms with E-state index in [1.165, 1.54) is 0 Å². The second-order valence-corrected chi connectivity index (χ2v) is 2.52. The second kappa shape index (κ2) is 7.53. The molecule has 0 aromatic carbocycles. The van der Waals surface area contributed by atoms with E-state index in [0.717, 1.165) is 12.8 Å². The summed E-state index contributed by atoms with van der Waals surface area (Å²) in [6.07, 6.45) is 1.77. The Hall–Kier alpha value is 0.534. The molecule has 0 rings (SSSR count). The van der Waals surface area contributed by atoms with Crippen molar-refractivity contribution in [2.24, 2.45) is 0 Å². The molecule has 0 unspecified atom stereocenters. The fourth-order valence-electron chi connectivity index (χ4n) is 0.287. The zero-order valence-corrected chi connectivity index (χ0v) is 7.12. The van der Waals surface area contributed by atoms with Crippen molar-refractivity contribution in [2.75, 3.05) is 5.75 Å². The molecular weight excluding hydrogens is 163 g/mol. The maximum Gasteiger partial charge on any atom is 0.140 e. The van der Waals surface area contributed by atoms with Crippen LogP contribution in [0.15, 0.2) is 0 Å². The molecule has 0 aliphatic rings. The maximum atomic E-state index is 9.80. The fraction of sp³-hybridized carbons (Fsp3) is 1.00. The molecule has 49 valence electrons. The molecule has 1 radical (unpaired) electrons. The molecule has 0 saturated heterocycles. The van der Waals surface area contributed by atoms with Crippen molar-refractivity contribution in [1.29, 1.82) is 0 Å². The maximum absolute atomic E-state index is 9.80. The smallest absolute Gasteiger partial charge is 0.140 e. The molecule has 0 amide bonds. The van der Waals surface area contributed by atoms with Crippen LogP contribution in [0.5, 0.6) is 0 Å². The predicted molar refractivity (Wildman–Crippen MR) is 30.1 cm³/mol. The molecule has 0 spiro atoms. The second-order valence-electron chi connectivity index (χ2n) is 1.41.